The Kier molecular flexibility index (Phi) is 8.24. The molecule has 2 heteroatoms. The van der Waals surface area contributed by atoms with Gasteiger partial charge in [-0.15, -0.1) is 0 Å². The molecule has 2 aromatic heterocycles. The first kappa shape index (κ1) is 31.1. The quantitative estimate of drug-likeness (QED) is 0.170. The van der Waals surface area contributed by atoms with Gasteiger partial charge in [0.25, 0.3) is 0 Å². The van der Waals surface area contributed by atoms with Gasteiger partial charge in [-0.25, -0.2) is 4.98 Å². The monoisotopic (exact) mass is 662 g/mol. The van der Waals surface area contributed by atoms with Gasteiger partial charge in [0.1, 0.15) is 0 Å². The molecule has 0 N–H and O–H groups in total. The zero-order valence-corrected chi connectivity index (χ0v) is 28.5. The van der Waals surface area contributed by atoms with Crippen molar-refractivity contribution in [3.05, 3.63) is 207 Å². The van der Waals surface area contributed by atoms with E-state index in [0.29, 0.717) is 0 Å². The van der Waals surface area contributed by atoms with E-state index in [4.69, 9.17) is 4.98 Å². The predicted molar refractivity (Wildman–Crippen MR) is 218 cm³/mol. The van der Waals surface area contributed by atoms with E-state index in [1.807, 2.05) is 24.5 Å². The molecule has 0 unspecified atom stereocenters. The van der Waals surface area contributed by atoms with E-state index in [9.17, 15) is 0 Å². The van der Waals surface area contributed by atoms with Crippen molar-refractivity contribution < 1.29 is 0 Å². The first-order valence-corrected chi connectivity index (χ1v) is 17.6. The van der Waals surface area contributed by atoms with Crippen molar-refractivity contribution in [3.8, 4) is 78.1 Å². The molecule has 7 aromatic carbocycles. The lowest BCUT2D eigenvalue weighted by Crippen LogP contribution is -1.92. The van der Waals surface area contributed by atoms with E-state index in [2.05, 4.69) is 187 Å². The van der Waals surface area contributed by atoms with Crippen LogP contribution in [-0.4, -0.2) is 9.97 Å². The normalized spacial score (nSPS) is 11.1. The predicted octanol–water partition coefficient (Wildman–Crippen LogP) is 13.3. The van der Waals surface area contributed by atoms with Gasteiger partial charge >= 0.3 is 0 Å². The molecule has 2 nitrogen and oxygen atoms in total. The van der Waals surface area contributed by atoms with Crippen molar-refractivity contribution in [3.63, 3.8) is 0 Å². The summed E-state index contributed by atoms with van der Waals surface area (Å²) >= 11 is 0. The maximum atomic E-state index is 5.30. The molecule has 0 bridgehead atoms. The largest absolute Gasteiger partial charge is 0.265 e. The average Bonchev–Trinajstić information content (AvgIpc) is 3.24. The van der Waals surface area contributed by atoms with Crippen LogP contribution in [0.25, 0.3) is 88.9 Å². The van der Waals surface area contributed by atoms with Crippen molar-refractivity contribution >= 4 is 10.8 Å². The molecule has 0 fully saturated rings. The smallest absolute Gasteiger partial charge is 0.0787 e. The number of hydrogen-bond donors (Lipinski definition) is 0. The highest BCUT2D eigenvalue weighted by atomic mass is 14.7. The Hall–Kier alpha value is -6.90. The minimum atomic E-state index is 0.954. The molecule has 0 aliphatic heterocycles. The van der Waals surface area contributed by atoms with Gasteiger partial charge in [-0.1, -0.05) is 152 Å². The van der Waals surface area contributed by atoms with E-state index in [1.165, 1.54) is 44.3 Å². The van der Waals surface area contributed by atoms with E-state index in [1.54, 1.807) is 0 Å². The third-order valence-corrected chi connectivity index (χ3v) is 9.77. The highest BCUT2D eigenvalue weighted by Crippen LogP contribution is 2.35. The third kappa shape index (κ3) is 6.30. The molecule has 9 aromatic rings. The summed E-state index contributed by atoms with van der Waals surface area (Å²) in [6.45, 7) is 0. The van der Waals surface area contributed by atoms with E-state index < -0.39 is 0 Å². The highest BCUT2D eigenvalue weighted by Gasteiger charge is 2.12. The molecule has 2 heterocycles. The van der Waals surface area contributed by atoms with E-state index in [-0.39, 0.29) is 0 Å². The summed E-state index contributed by atoms with van der Waals surface area (Å²) in [6.07, 6.45) is 3.66. The summed E-state index contributed by atoms with van der Waals surface area (Å²) in [5, 5.41) is 2.31. The lowest BCUT2D eigenvalue weighted by molar-refractivity contribution is 1.33. The Morgan fingerprint density at radius 3 is 1.25 bits per heavy atom. The molecule has 244 valence electrons. The van der Waals surface area contributed by atoms with Crippen LogP contribution >= 0.6 is 0 Å². The number of nitrogens with zero attached hydrogens (tertiary/aromatic N) is 2. The van der Waals surface area contributed by atoms with Crippen LogP contribution in [0.4, 0.5) is 0 Å². The van der Waals surface area contributed by atoms with Gasteiger partial charge < -0.3 is 0 Å². The van der Waals surface area contributed by atoms with Crippen LogP contribution in [0.1, 0.15) is 0 Å². The second-order valence-electron chi connectivity index (χ2n) is 13.1. The van der Waals surface area contributed by atoms with Crippen LogP contribution in [0.2, 0.25) is 0 Å². The second-order valence-corrected chi connectivity index (χ2v) is 13.1. The molecule has 0 atom stereocenters. The van der Waals surface area contributed by atoms with Crippen molar-refractivity contribution in [1.82, 2.24) is 9.97 Å². The molecular formula is C50H34N2. The Bertz CT molecular complexity index is 2660. The van der Waals surface area contributed by atoms with Gasteiger partial charge in [0.2, 0.25) is 0 Å². The zero-order valence-electron chi connectivity index (χ0n) is 28.5. The van der Waals surface area contributed by atoms with Gasteiger partial charge in [-0.3, -0.25) is 4.98 Å². The summed E-state index contributed by atoms with van der Waals surface area (Å²) in [4.78, 5) is 9.46. The molecule has 0 saturated carbocycles. The average molecular weight is 663 g/mol. The number of aromatic nitrogens is 2. The van der Waals surface area contributed by atoms with Crippen LogP contribution < -0.4 is 0 Å². The van der Waals surface area contributed by atoms with Gasteiger partial charge in [0.15, 0.2) is 0 Å². The van der Waals surface area contributed by atoms with Crippen molar-refractivity contribution in [2.24, 2.45) is 0 Å². The number of fused-ring (bicyclic) bond motifs is 1. The van der Waals surface area contributed by atoms with Gasteiger partial charge in [-0.2, -0.15) is 0 Å². The first-order chi connectivity index (χ1) is 25.7. The second kappa shape index (κ2) is 13.8. The van der Waals surface area contributed by atoms with Gasteiger partial charge in [0, 0.05) is 28.9 Å². The maximum Gasteiger partial charge on any atom is 0.0787 e. The fourth-order valence-corrected chi connectivity index (χ4v) is 7.06. The van der Waals surface area contributed by atoms with Crippen LogP contribution in [0, 0.1) is 0 Å². The molecule has 9 rings (SSSR count). The molecule has 0 radical (unpaired) electrons. The van der Waals surface area contributed by atoms with Crippen LogP contribution in [0.3, 0.4) is 0 Å². The fraction of sp³-hybridized carbons (Fsp3) is 0. The Labute approximate surface area is 304 Å². The summed E-state index contributed by atoms with van der Waals surface area (Å²) in [7, 11) is 0. The summed E-state index contributed by atoms with van der Waals surface area (Å²) < 4.78 is 0. The van der Waals surface area contributed by atoms with Crippen molar-refractivity contribution in [2.45, 2.75) is 0 Å². The van der Waals surface area contributed by atoms with Gasteiger partial charge in [0.05, 0.1) is 11.4 Å². The number of pyridine rings is 2. The molecule has 0 spiro atoms. The summed E-state index contributed by atoms with van der Waals surface area (Å²) in [5.41, 5.74) is 16.0. The Morgan fingerprint density at radius 1 is 0.269 bits per heavy atom. The minimum absolute atomic E-state index is 0.954. The summed E-state index contributed by atoms with van der Waals surface area (Å²) in [6, 6.07) is 69.3. The SMILES string of the molecule is c1ccc(-c2cccc(-c3cccc(-c4cccc(-c5cccc(-c6cc7ccccc7c(-c7ccc(-c8ccncc8)cc7)n6)c5)c4)c3)c2)cc1. The van der Waals surface area contributed by atoms with Crippen LogP contribution in [-0.2, 0) is 0 Å². The summed E-state index contributed by atoms with van der Waals surface area (Å²) in [5.74, 6) is 0. The fourth-order valence-electron chi connectivity index (χ4n) is 7.06. The lowest BCUT2D eigenvalue weighted by Gasteiger charge is -2.12. The molecule has 0 aliphatic carbocycles. The Balaban J connectivity index is 1.04. The van der Waals surface area contributed by atoms with Crippen molar-refractivity contribution in [1.29, 1.82) is 0 Å². The van der Waals surface area contributed by atoms with E-state index in [0.717, 1.165) is 44.6 Å². The Morgan fingerprint density at radius 2 is 0.673 bits per heavy atom. The highest BCUT2D eigenvalue weighted by molar-refractivity contribution is 5.97. The maximum absolute atomic E-state index is 5.30. The van der Waals surface area contributed by atoms with E-state index >= 15 is 0 Å². The number of hydrogen-bond acceptors (Lipinski definition) is 2. The molecule has 0 amide bonds. The standard InChI is InChI=1S/C50H34N2/c1-2-10-35(11-3-1)39-13-6-14-40(30-39)41-15-7-16-42(31-41)43-17-8-18-44(32-43)45-19-9-20-47(33-45)49-34-46-12-4-5-21-48(46)50(52-49)38-24-22-36(23-25-38)37-26-28-51-29-27-37/h1-34H. The van der Waals surface area contributed by atoms with Crippen molar-refractivity contribution in [2.75, 3.05) is 0 Å². The lowest BCUT2D eigenvalue weighted by atomic mass is 9.94. The third-order valence-electron chi connectivity index (χ3n) is 9.77. The first-order valence-electron chi connectivity index (χ1n) is 17.6. The van der Waals surface area contributed by atoms with Crippen LogP contribution in [0.5, 0.6) is 0 Å². The number of rotatable bonds is 7. The topological polar surface area (TPSA) is 25.8 Å². The minimum Gasteiger partial charge on any atom is -0.265 e. The molecular weight excluding hydrogens is 629 g/mol. The van der Waals surface area contributed by atoms with Crippen LogP contribution in [0.15, 0.2) is 207 Å². The molecule has 0 aliphatic rings. The zero-order chi connectivity index (χ0) is 34.7. The molecule has 52 heavy (non-hydrogen) atoms. The molecule has 0 saturated heterocycles. The number of benzene rings is 7. The van der Waals surface area contributed by atoms with Gasteiger partial charge in [-0.05, 0) is 103 Å².